The van der Waals surface area contributed by atoms with Crippen molar-refractivity contribution in [3.63, 3.8) is 0 Å². The molecule has 0 radical (unpaired) electrons. The van der Waals surface area contributed by atoms with Crippen LogP contribution in [0.4, 0.5) is 18.9 Å². The number of alkyl halides is 3. The molecule has 0 aliphatic rings. The fraction of sp³-hybridized carbons (Fsp3) is 0.267. The minimum Gasteiger partial charge on any atom is -0.490 e. The van der Waals surface area contributed by atoms with E-state index in [1.165, 1.54) is 6.92 Å². The van der Waals surface area contributed by atoms with Crippen molar-refractivity contribution in [3.05, 3.63) is 55.3 Å². The van der Waals surface area contributed by atoms with Gasteiger partial charge < -0.3 is 20.8 Å². The summed E-state index contributed by atoms with van der Waals surface area (Å²) >= 11 is 5.77. The largest absolute Gasteiger partial charge is 0.490 e. The number of aromatic amines is 2. The van der Waals surface area contributed by atoms with Gasteiger partial charge in [-0.25, -0.2) is 4.79 Å². The average Bonchev–Trinajstić information content (AvgIpc) is 2.55. The van der Waals surface area contributed by atoms with Gasteiger partial charge in [0.25, 0.3) is 11.5 Å². The van der Waals surface area contributed by atoms with Gasteiger partial charge in [-0.1, -0.05) is 11.6 Å². The second-order valence-corrected chi connectivity index (χ2v) is 5.93. The number of benzene rings is 1. The molecule has 1 aromatic heterocycles. The van der Waals surface area contributed by atoms with Crippen molar-refractivity contribution in [2.24, 2.45) is 0 Å². The zero-order valence-electron chi connectivity index (χ0n) is 13.7. The summed E-state index contributed by atoms with van der Waals surface area (Å²) in [6.07, 6.45) is -4.53. The third-order valence-corrected chi connectivity index (χ3v) is 3.63. The van der Waals surface area contributed by atoms with Gasteiger partial charge >= 0.3 is 11.9 Å². The number of anilines is 1. The molecule has 5 N–H and O–H groups in total. The van der Waals surface area contributed by atoms with Crippen LogP contribution in [0, 0.1) is 0 Å². The molecule has 0 spiro atoms. The third kappa shape index (κ3) is 5.03. The van der Waals surface area contributed by atoms with Crippen molar-refractivity contribution < 1.29 is 22.7 Å². The van der Waals surface area contributed by atoms with Gasteiger partial charge in [0.05, 0.1) is 16.6 Å². The Hall–Kier alpha value is -2.95. The number of carbonyl (C=O) groups is 1. The minimum absolute atomic E-state index is 0.00478. The lowest BCUT2D eigenvalue weighted by atomic mass is 10.2. The number of ether oxygens (including phenoxy) is 1. The molecule has 0 saturated carbocycles. The van der Waals surface area contributed by atoms with Crippen molar-refractivity contribution >= 4 is 23.2 Å². The van der Waals surface area contributed by atoms with Crippen molar-refractivity contribution in [2.75, 3.05) is 12.3 Å². The van der Waals surface area contributed by atoms with Crippen LogP contribution in [-0.4, -0.2) is 28.5 Å². The SMILES string of the molecule is CC(COc1ccc(C(F)(F)F)cc1Cl)NC(=O)c1[nH]c(=O)[nH]c(=O)c1N. The van der Waals surface area contributed by atoms with Crippen LogP contribution >= 0.6 is 11.6 Å². The van der Waals surface area contributed by atoms with E-state index in [1.807, 2.05) is 4.98 Å². The summed E-state index contributed by atoms with van der Waals surface area (Å²) in [4.78, 5) is 38.7. The molecule has 12 heteroatoms. The van der Waals surface area contributed by atoms with E-state index >= 15 is 0 Å². The molecule has 1 amide bonds. The highest BCUT2D eigenvalue weighted by molar-refractivity contribution is 6.32. The van der Waals surface area contributed by atoms with Crippen molar-refractivity contribution in [2.45, 2.75) is 19.1 Å². The van der Waals surface area contributed by atoms with E-state index in [4.69, 9.17) is 22.1 Å². The summed E-state index contributed by atoms with van der Waals surface area (Å²) in [6, 6.07) is 1.94. The summed E-state index contributed by atoms with van der Waals surface area (Å²) in [5, 5.41) is 2.18. The highest BCUT2D eigenvalue weighted by atomic mass is 35.5. The first kappa shape index (κ1) is 20.4. The molecule has 0 fully saturated rings. The highest BCUT2D eigenvalue weighted by Gasteiger charge is 2.31. The molecular formula is C15H14ClF3N4O4. The first-order chi connectivity index (χ1) is 12.5. The lowest BCUT2D eigenvalue weighted by molar-refractivity contribution is -0.137. The van der Waals surface area contributed by atoms with Crippen LogP contribution in [0.25, 0.3) is 0 Å². The van der Waals surface area contributed by atoms with Gasteiger partial charge in [-0.2, -0.15) is 13.2 Å². The Morgan fingerprint density at radius 3 is 2.59 bits per heavy atom. The third-order valence-electron chi connectivity index (χ3n) is 3.33. The quantitative estimate of drug-likeness (QED) is 0.598. The number of nitrogens with one attached hydrogen (secondary N) is 3. The Morgan fingerprint density at radius 2 is 2.00 bits per heavy atom. The lowest BCUT2D eigenvalue weighted by Gasteiger charge is -2.16. The number of hydrogen-bond donors (Lipinski definition) is 4. The lowest BCUT2D eigenvalue weighted by Crippen LogP contribution is -2.40. The minimum atomic E-state index is -4.53. The van der Waals surface area contributed by atoms with Crippen LogP contribution < -0.4 is 27.0 Å². The van der Waals surface area contributed by atoms with E-state index in [1.54, 1.807) is 0 Å². The zero-order chi connectivity index (χ0) is 20.4. The Bertz CT molecular complexity index is 971. The topological polar surface area (TPSA) is 130 Å². The maximum absolute atomic E-state index is 12.6. The van der Waals surface area contributed by atoms with Crippen molar-refractivity contribution in [1.82, 2.24) is 15.3 Å². The Kier molecular flexibility index (Phi) is 5.84. The Morgan fingerprint density at radius 1 is 1.33 bits per heavy atom. The van der Waals surface area contributed by atoms with Gasteiger partial charge in [-0.3, -0.25) is 14.6 Å². The first-order valence-electron chi connectivity index (χ1n) is 7.41. The number of amides is 1. The van der Waals surface area contributed by atoms with Gasteiger partial charge in [-0.05, 0) is 25.1 Å². The van der Waals surface area contributed by atoms with Gasteiger partial charge in [-0.15, -0.1) is 0 Å². The fourth-order valence-corrected chi connectivity index (χ4v) is 2.26. The summed E-state index contributed by atoms with van der Waals surface area (Å²) in [5.74, 6) is -0.833. The maximum atomic E-state index is 12.6. The van der Waals surface area contributed by atoms with Gasteiger partial charge in [0.15, 0.2) is 0 Å². The van der Waals surface area contributed by atoms with E-state index in [2.05, 4.69) is 10.3 Å². The number of carbonyl (C=O) groups excluding carboxylic acids is 1. The predicted molar refractivity (Wildman–Crippen MR) is 91.0 cm³/mol. The molecule has 1 heterocycles. The van der Waals surface area contributed by atoms with Gasteiger partial charge in [0.2, 0.25) is 0 Å². The molecule has 27 heavy (non-hydrogen) atoms. The van der Waals surface area contributed by atoms with Crippen LogP contribution in [0.2, 0.25) is 5.02 Å². The Labute approximate surface area is 154 Å². The van der Waals surface area contributed by atoms with Crippen molar-refractivity contribution in [1.29, 1.82) is 0 Å². The molecule has 8 nitrogen and oxygen atoms in total. The number of hydrogen-bond acceptors (Lipinski definition) is 5. The predicted octanol–water partition coefficient (Wildman–Crippen LogP) is 1.51. The maximum Gasteiger partial charge on any atom is 0.416 e. The first-order valence-corrected chi connectivity index (χ1v) is 7.79. The van der Waals surface area contributed by atoms with E-state index in [9.17, 15) is 27.6 Å². The highest BCUT2D eigenvalue weighted by Crippen LogP contribution is 2.34. The van der Waals surface area contributed by atoms with Crippen LogP contribution in [0.5, 0.6) is 5.75 Å². The van der Waals surface area contributed by atoms with Crippen LogP contribution in [0.15, 0.2) is 27.8 Å². The van der Waals surface area contributed by atoms with E-state index < -0.39 is 46.3 Å². The standard InChI is InChI=1S/C15H14ClF3N4O4/c1-6(21-13(25)11-10(20)12(24)23-14(26)22-11)5-27-9-3-2-7(4-8(9)16)15(17,18)19/h2-4,6H,5,20H2,1H3,(H,21,25)(H2,22,23,24,26). The number of aromatic nitrogens is 2. The molecule has 2 aromatic rings. The van der Waals surface area contributed by atoms with E-state index in [0.29, 0.717) is 0 Å². The zero-order valence-corrected chi connectivity index (χ0v) is 14.5. The number of nitrogens with two attached hydrogens (primary N) is 1. The van der Waals surface area contributed by atoms with Crippen molar-refractivity contribution in [3.8, 4) is 5.75 Å². The molecule has 0 aliphatic carbocycles. The van der Waals surface area contributed by atoms with Crippen LogP contribution in [-0.2, 0) is 6.18 Å². The molecular weight excluding hydrogens is 393 g/mol. The molecule has 2 rings (SSSR count). The molecule has 1 unspecified atom stereocenters. The van der Waals surface area contributed by atoms with Crippen LogP contribution in [0.3, 0.4) is 0 Å². The molecule has 0 aliphatic heterocycles. The fourth-order valence-electron chi connectivity index (χ4n) is 2.02. The normalized spacial score (nSPS) is 12.5. The summed E-state index contributed by atoms with van der Waals surface area (Å²) in [5.41, 5.74) is 1.83. The number of rotatable bonds is 5. The molecule has 1 aromatic carbocycles. The molecule has 146 valence electrons. The molecule has 1 atom stereocenters. The molecule has 0 bridgehead atoms. The van der Waals surface area contributed by atoms with Crippen LogP contribution in [0.1, 0.15) is 23.0 Å². The smallest absolute Gasteiger partial charge is 0.416 e. The average molecular weight is 407 g/mol. The molecule has 0 saturated heterocycles. The van der Waals surface area contributed by atoms with E-state index in [0.717, 1.165) is 18.2 Å². The summed E-state index contributed by atoms with van der Waals surface area (Å²) < 4.78 is 43.1. The Balaban J connectivity index is 2.03. The number of halogens is 4. The number of H-pyrrole nitrogens is 2. The van der Waals surface area contributed by atoms with E-state index in [-0.39, 0.29) is 17.4 Å². The summed E-state index contributed by atoms with van der Waals surface area (Å²) in [7, 11) is 0. The second-order valence-electron chi connectivity index (χ2n) is 5.53. The van der Waals surface area contributed by atoms with Gasteiger partial charge in [0, 0.05) is 0 Å². The van der Waals surface area contributed by atoms with Gasteiger partial charge in [0.1, 0.15) is 23.7 Å². The summed E-state index contributed by atoms with van der Waals surface area (Å²) in [6.45, 7) is 1.38. The monoisotopic (exact) mass is 406 g/mol. The second kappa shape index (κ2) is 7.74. The number of nitrogen functional groups attached to an aromatic ring is 1.